The Bertz CT molecular complexity index is 1190. The number of carbonyl (C=O) groups excluding carboxylic acids is 1. The molecule has 0 spiro atoms. The number of fused-ring (bicyclic) bond motifs is 1. The van der Waals surface area contributed by atoms with Crippen molar-refractivity contribution in [2.75, 3.05) is 13.1 Å². The molecule has 0 bridgehead atoms. The number of likely N-dealkylation sites (tertiary alicyclic amines) is 1. The van der Waals surface area contributed by atoms with Crippen LogP contribution in [0.15, 0.2) is 55.1 Å². The Morgan fingerprint density at radius 2 is 1.83 bits per heavy atom. The minimum atomic E-state index is -2.68. The fraction of sp³-hybridized carbons (Fsp3) is 0.238. The summed E-state index contributed by atoms with van der Waals surface area (Å²) in [5.41, 5.74) is 2.95. The molecule has 1 N–H and O–H groups in total. The van der Waals surface area contributed by atoms with Crippen LogP contribution in [0.3, 0.4) is 0 Å². The number of H-pyrrole nitrogens is 1. The Balaban J connectivity index is 1.39. The maximum Gasteiger partial charge on any atom is 0.255 e. The Hall–Kier alpha value is -3.62. The van der Waals surface area contributed by atoms with Gasteiger partial charge in [0.25, 0.3) is 11.8 Å². The van der Waals surface area contributed by atoms with Gasteiger partial charge in [-0.3, -0.25) is 9.89 Å². The van der Waals surface area contributed by atoms with Crippen molar-refractivity contribution in [3.63, 3.8) is 0 Å². The minimum absolute atomic E-state index is 0.0580. The number of pyridine rings is 1. The number of nitrogens with one attached hydrogen (secondary N) is 1. The molecule has 5 rings (SSSR count). The van der Waals surface area contributed by atoms with Crippen molar-refractivity contribution >= 4 is 16.9 Å². The van der Waals surface area contributed by atoms with Crippen molar-refractivity contribution in [2.45, 2.75) is 18.8 Å². The molecule has 1 aliphatic heterocycles. The van der Waals surface area contributed by atoms with Gasteiger partial charge in [-0.25, -0.2) is 18.7 Å². The van der Waals surface area contributed by atoms with Crippen LogP contribution in [-0.4, -0.2) is 54.6 Å². The highest BCUT2D eigenvalue weighted by molar-refractivity contribution is 5.97. The molecule has 1 fully saturated rings. The van der Waals surface area contributed by atoms with Crippen molar-refractivity contribution in [3.8, 4) is 17.1 Å². The second kappa shape index (κ2) is 7.01. The molecule has 1 saturated heterocycles. The van der Waals surface area contributed by atoms with Gasteiger partial charge in [-0.05, 0) is 36.4 Å². The van der Waals surface area contributed by atoms with Crippen LogP contribution in [0.25, 0.3) is 28.1 Å². The zero-order valence-electron chi connectivity index (χ0n) is 15.9. The average molecular weight is 408 g/mol. The molecule has 7 nitrogen and oxygen atoms in total. The van der Waals surface area contributed by atoms with E-state index in [9.17, 15) is 13.6 Å². The van der Waals surface area contributed by atoms with Gasteiger partial charge in [-0.2, -0.15) is 5.10 Å². The van der Waals surface area contributed by atoms with Crippen LogP contribution in [0.4, 0.5) is 8.78 Å². The van der Waals surface area contributed by atoms with E-state index >= 15 is 0 Å². The molecule has 0 atom stereocenters. The predicted octanol–water partition coefficient (Wildman–Crippen LogP) is 3.68. The number of alkyl halides is 2. The maximum absolute atomic E-state index is 13.4. The van der Waals surface area contributed by atoms with Crippen molar-refractivity contribution in [1.29, 1.82) is 0 Å². The van der Waals surface area contributed by atoms with Gasteiger partial charge in [-0.1, -0.05) is 0 Å². The summed E-state index contributed by atoms with van der Waals surface area (Å²) in [5, 5.41) is 7.49. The second-order valence-corrected chi connectivity index (χ2v) is 7.35. The minimum Gasteiger partial charge on any atom is -0.338 e. The molecule has 0 unspecified atom stereocenters. The van der Waals surface area contributed by atoms with E-state index in [4.69, 9.17) is 0 Å². The molecular weight excluding hydrogens is 390 g/mol. The summed E-state index contributed by atoms with van der Waals surface area (Å²) < 4.78 is 28.6. The largest absolute Gasteiger partial charge is 0.338 e. The van der Waals surface area contributed by atoms with Crippen LogP contribution in [0, 0.1) is 0 Å². The molecule has 1 amide bonds. The fourth-order valence-corrected chi connectivity index (χ4v) is 3.69. The van der Waals surface area contributed by atoms with Gasteiger partial charge in [0.15, 0.2) is 5.82 Å². The molecule has 4 aromatic rings. The van der Waals surface area contributed by atoms with Gasteiger partial charge in [0.1, 0.15) is 12.0 Å². The molecule has 0 radical (unpaired) electrons. The summed E-state index contributed by atoms with van der Waals surface area (Å²) in [6.45, 7) is 0.116. The maximum atomic E-state index is 13.4. The smallest absolute Gasteiger partial charge is 0.255 e. The summed E-state index contributed by atoms with van der Waals surface area (Å²) in [4.78, 5) is 22.8. The number of piperidine rings is 1. The van der Waals surface area contributed by atoms with E-state index in [1.807, 2.05) is 41.1 Å². The molecule has 1 aliphatic rings. The van der Waals surface area contributed by atoms with Crippen LogP contribution in [-0.2, 0) is 0 Å². The van der Waals surface area contributed by atoms with E-state index in [1.165, 1.54) is 17.4 Å². The first-order chi connectivity index (χ1) is 14.5. The van der Waals surface area contributed by atoms with E-state index in [0.29, 0.717) is 17.0 Å². The van der Waals surface area contributed by atoms with Crippen LogP contribution < -0.4 is 0 Å². The van der Waals surface area contributed by atoms with Crippen LogP contribution in [0.2, 0.25) is 0 Å². The lowest BCUT2D eigenvalue weighted by Gasteiger charge is -2.31. The normalized spacial score (nSPS) is 16.1. The van der Waals surface area contributed by atoms with Gasteiger partial charge in [0.2, 0.25) is 0 Å². The van der Waals surface area contributed by atoms with E-state index < -0.39 is 5.92 Å². The fourth-order valence-electron chi connectivity index (χ4n) is 3.69. The lowest BCUT2D eigenvalue weighted by molar-refractivity contribution is -0.0494. The standard InChI is InChI=1S/C21H18F2N6O/c22-21(23)6-9-28(10-7-21)20(30)16-11-15-5-8-29(19(15)24-12-16)17-3-1-14(2-4-17)18-25-13-26-27-18/h1-5,8,11-13H,6-7,9-10H2,(H,25,26,27). The third-order valence-corrected chi connectivity index (χ3v) is 5.39. The topological polar surface area (TPSA) is 79.7 Å². The zero-order valence-corrected chi connectivity index (χ0v) is 15.9. The molecule has 30 heavy (non-hydrogen) atoms. The van der Waals surface area contributed by atoms with Gasteiger partial charge >= 0.3 is 0 Å². The van der Waals surface area contributed by atoms with Gasteiger partial charge in [-0.15, -0.1) is 0 Å². The first-order valence-electron chi connectivity index (χ1n) is 9.61. The number of hydrogen-bond donors (Lipinski definition) is 1. The van der Waals surface area contributed by atoms with Gasteiger partial charge in [0, 0.05) is 55.0 Å². The Morgan fingerprint density at radius 1 is 1.07 bits per heavy atom. The molecular formula is C21H18F2N6O. The summed E-state index contributed by atoms with van der Waals surface area (Å²) in [6, 6.07) is 11.4. The monoisotopic (exact) mass is 408 g/mol. The van der Waals surface area contributed by atoms with E-state index in [1.54, 1.807) is 6.07 Å². The summed E-state index contributed by atoms with van der Waals surface area (Å²) >= 11 is 0. The molecule has 0 saturated carbocycles. The number of aromatic amines is 1. The molecule has 152 valence electrons. The van der Waals surface area contributed by atoms with Crippen molar-refractivity contribution < 1.29 is 13.6 Å². The first-order valence-corrected chi connectivity index (χ1v) is 9.61. The number of halogens is 2. The van der Waals surface area contributed by atoms with Crippen molar-refractivity contribution in [2.24, 2.45) is 0 Å². The third-order valence-electron chi connectivity index (χ3n) is 5.39. The van der Waals surface area contributed by atoms with Crippen LogP contribution in [0.5, 0.6) is 0 Å². The number of amides is 1. The number of benzene rings is 1. The van der Waals surface area contributed by atoms with Crippen molar-refractivity contribution in [1.82, 2.24) is 29.6 Å². The molecule has 0 aliphatic carbocycles. The quantitative estimate of drug-likeness (QED) is 0.561. The van der Waals surface area contributed by atoms with Gasteiger partial charge < -0.3 is 9.47 Å². The number of hydrogen-bond acceptors (Lipinski definition) is 4. The molecule has 4 heterocycles. The van der Waals surface area contributed by atoms with E-state index in [2.05, 4.69) is 20.2 Å². The molecule has 1 aromatic carbocycles. The zero-order chi connectivity index (χ0) is 20.7. The Kier molecular flexibility index (Phi) is 4.30. The summed E-state index contributed by atoms with van der Waals surface area (Å²) in [5.74, 6) is -2.25. The second-order valence-electron chi connectivity index (χ2n) is 7.35. The van der Waals surface area contributed by atoms with E-state index in [-0.39, 0.29) is 31.8 Å². The molecule has 3 aromatic heterocycles. The van der Waals surface area contributed by atoms with Crippen LogP contribution in [0.1, 0.15) is 23.2 Å². The Labute approximate surface area is 170 Å². The van der Waals surface area contributed by atoms with E-state index in [0.717, 1.165) is 16.6 Å². The highest BCUT2D eigenvalue weighted by Gasteiger charge is 2.35. The van der Waals surface area contributed by atoms with Crippen LogP contribution >= 0.6 is 0 Å². The third kappa shape index (κ3) is 3.32. The number of aromatic nitrogens is 5. The Morgan fingerprint density at radius 3 is 2.53 bits per heavy atom. The first kappa shape index (κ1) is 18.4. The van der Waals surface area contributed by atoms with Gasteiger partial charge in [0.05, 0.1) is 5.56 Å². The summed E-state index contributed by atoms with van der Waals surface area (Å²) in [7, 11) is 0. The number of nitrogens with zero attached hydrogens (tertiary/aromatic N) is 5. The average Bonchev–Trinajstić information content (AvgIpc) is 3.43. The lowest BCUT2D eigenvalue weighted by atomic mass is 10.1. The highest BCUT2D eigenvalue weighted by atomic mass is 19.3. The molecule has 9 heteroatoms. The predicted molar refractivity (Wildman–Crippen MR) is 107 cm³/mol. The SMILES string of the molecule is O=C(c1cnc2c(ccn2-c2ccc(-c3ncn[nH]3)cc2)c1)N1CCC(F)(F)CC1. The number of rotatable bonds is 3. The summed E-state index contributed by atoms with van der Waals surface area (Å²) in [6.07, 6.45) is 4.26. The number of carbonyl (C=O) groups is 1. The lowest BCUT2D eigenvalue weighted by Crippen LogP contribution is -2.42. The highest BCUT2D eigenvalue weighted by Crippen LogP contribution is 2.29. The van der Waals surface area contributed by atoms with Crippen molar-refractivity contribution in [3.05, 3.63) is 60.7 Å².